The highest BCUT2D eigenvalue weighted by atomic mass is 32.1. The SMILES string of the molecule is Cc1cc(C(=O)Nc2nc3ccc4nc(C)sc4c3s2)n(C(C)C)n1. The largest absolute Gasteiger partial charge is 0.296 e. The van der Waals surface area contributed by atoms with E-state index in [0.717, 1.165) is 31.1 Å². The van der Waals surface area contributed by atoms with Crippen LogP contribution in [-0.2, 0) is 0 Å². The molecule has 1 amide bonds. The number of benzene rings is 1. The van der Waals surface area contributed by atoms with Crippen LogP contribution in [0.1, 0.15) is 41.1 Å². The minimum Gasteiger partial charge on any atom is -0.296 e. The molecule has 0 unspecified atom stereocenters. The number of amides is 1. The van der Waals surface area contributed by atoms with Crippen LogP contribution in [-0.4, -0.2) is 25.7 Å². The molecule has 0 saturated heterocycles. The van der Waals surface area contributed by atoms with Crippen molar-refractivity contribution in [3.8, 4) is 0 Å². The second-order valence-corrected chi connectivity index (χ2v) is 8.38. The summed E-state index contributed by atoms with van der Waals surface area (Å²) in [5.41, 5.74) is 3.23. The van der Waals surface area contributed by atoms with Crippen molar-refractivity contribution in [1.29, 1.82) is 0 Å². The van der Waals surface area contributed by atoms with Gasteiger partial charge in [-0.1, -0.05) is 11.3 Å². The molecule has 3 aromatic heterocycles. The third-order valence-electron chi connectivity index (χ3n) is 3.82. The second kappa shape index (κ2) is 5.89. The Morgan fingerprint density at radius 3 is 2.52 bits per heavy atom. The fraction of sp³-hybridized carbons (Fsp3) is 0.294. The molecule has 128 valence electrons. The summed E-state index contributed by atoms with van der Waals surface area (Å²) in [6.07, 6.45) is 0. The summed E-state index contributed by atoms with van der Waals surface area (Å²) in [7, 11) is 0. The third-order valence-corrected chi connectivity index (χ3v) is 5.96. The van der Waals surface area contributed by atoms with E-state index < -0.39 is 0 Å². The molecule has 0 saturated carbocycles. The molecule has 1 aromatic carbocycles. The van der Waals surface area contributed by atoms with Crippen LogP contribution in [0.15, 0.2) is 18.2 Å². The number of carbonyl (C=O) groups excluding carboxylic acids is 1. The van der Waals surface area contributed by atoms with E-state index in [2.05, 4.69) is 20.4 Å². The van der Waals surface area contributed by atoms with Gasteiger partial charge in [-0.2, -0.15) is 5.10 Å². The first kappa shape index (κ1) is 16.2. The summed E-state index contributed by atoms with van der Waals surface area (Å²) in [5.74, 6) is -0.190. The highest BCUT2D eigenvalue weighted by molar-refractivity contribution is 7.28. The third kappa shape index (κ3) is 2.81. The number of fused-ring (bicyclic) bond motifs is 3. The van der Waals surface area contributed by atoms with Gasteiger partial charge in [-0.25, -0.2) is 9.97 Å². The number of hydrogen-bond acceptors (Lipinski definition) is 6. The molecule has 0 atom stereocenters. The Hall–Kier alpha value is -2.32. The number of aryl methyl sites for hydroxylation is 2. The molecule has 25 heavy (non-hydrogen) atoms. The molecule has 6 nitrogen and oxygen atoms in total. The number of nitrogens with one attached hydrogen (secondary N) is 1. The normalized spacial score (nSPS) is 11.7. The average molecular weight is 371 g/mol. The van der Waals surface area contributed by atoms with Crippen LogP contribution in [0.5, 0.6) is 0 Å². The van der Waals surface area contributed by atoms with Gasteiger partial charge in [0.1, 0.15) is 5.69 Å². The Kier molecular flexibility index (Phi) is 3.81. The highest BCUT2D eigenvalue weighted by Crippen LogP contribution is 2.35. The van der Waals surface area contributed by atoms with Gasteiger partial charge in [-0.05, 0) is 45.9 Å². The van der Waals surface area contributed by atoms with E-state index in [1.165, 1.54) is 11.3 Å². The quantitative estimate of drug-likeness (QED) is 0.573. The van der Waals surface area contributed by atoms with Gasteiger partial charge in [0.25, 0.3) is 5.91 Å². The maximum absolute atomic E-state index is 12.7. The molecule has 8 heteroatoms. The first-order valence-electron chi connectivity index (χ1n) is 7.96. The number of thiazole rings is 2. The summed E-state index contributed by atoms with van der Waals surface area (Å²) < 4.78 is 3.92. The standard InChI is InChI=1S/C17H17N5OS2/c1-8(2)22-13(7-9(3)21-22)16(23)20-17-19-12-6-5-11-14(15(12)25-17)24-10(4)18-11/h5-8H,1-4H3,(H,19,20,23). The van der Waals surface area contributed by atoms with E-state index >= 15 is 0 Å². The number of aromatic nitrogens is 4. The van der Waals surface area contributed by atoms with Crippen molar-refractivity contribution < 1.29 is 4.79 Å². The summed E-state index contributed by atoms with van der Waals surface area (Å²) in [4.78, 5) is 21.8. The molecule has 0 bridgehead atoms. The van der Waals surface area contributed by atoms with Gasteiger partial charge < -0.3 is 0 Å². The van der Waals surface area contributed by atoms with Gasteiger partial charge in [0.15, 0.2) is 5.13 Å². The maximum Gasteiger partial charge on any atom is 0.275 e. The zero-order valence-corrected chi connectivity index (χ0v) is 16.0. The first-order chi connectivity index (χ1) is 11.9. The first-order valence-corrected chi connectivity index (χ1v) is 9.60. The van der Waals surface area contributed by atoms with E-state index in [1.807, 2.05) is 39.8 Å². The molecular formula is C17H17N5OS2. The van der Waals surface area contributed by atoms with Crippen molar-refractivity contribution in [2.24, 2.45) is 0 Å². The second-order valence-electron chi connectivity index (χ2n) is 6.18. The number of nitrogens with zero attached hydrogens (tertiary/aromatic N) is 4. The van der Waals surface area contributed by atoms with Crippen LogP contribution in [0.2, 0.25) is 0 Å². The predicted molar refractivity (Wildman–Crippen MR) is 103 cm³/mol. The highest BCUT2D eigenvalue weighted by Gasteiger charge is 2.18. The molecule has 4 rings (SSSR count). The van der Waals surface area contributed by atoms with Gasteiger partial charge in [0, 0.05) is 6.04 Å². The molecule has 3 heterocycles. The van der Waals surface area contributed by atoms with Gasteiger partial charge >= 0.3 is 0 Å². The summed E-state index contributed by atoms with van der Waals surface area (Å²) in [6.45, 7) is 7.89. The summed E-state index contributed by atoms with van der Waals surface area (Å²) >= 11 is 3.13. The van der Waals surface area contributed by atoms with Crippen molar-refractivity contribution in [3.63, 3.8) is 0 Å². The lowest BCUT2D eigenvalue weighted by molar-refractivity contribution is 0.101. The Morgan fingerprint density at radius 1 is 1.12 bits per heavy atom. The van der Waals surface area contributed by atoms with Crippen molar-refractivity contribution in [2.45, 2.75) is 33.7 Å². The Morgan fingerprint density at radius 2 is 1.80 bits per heavy atom. The molecule has 0 radical (unpaired) electrons. The topological polar surface area (TPSA) is 72.7 Å². The molecule has 0 aliphatic carbocycles. The van der Waals surface area contributed by atoms with Crippen LogP contribution >= 0.6 is 22.7 Å². The van der Waals surface area contributed by atoms with Crippen molar-refractivity contribution in [1.82, 2.24) is 19.7 Å². The van der Waals surface area contributed by atoms with Gasteiger partial charge in [0.2, 0.25) is 0 Å². The molecular weight excluding hydrogens is 354 g/mol. The minimum atomic E-state index is -0.190. The van der Waals surface area contributed by atoms with Gasteiger partial charge in [-0.15, -0.1) is 11.3 Å². The predicted octanol–water partition coefficient (Wildman–Crippen LogP) is 4.55. The van der Waals surface area contributed by atoms with Crippen molar-refractivity contribution in [2.75, 3.05) is 5.32 Å². The van der Waals surface area contributed by atoms with Crippen LogP contribution in [0.4, 0.5) is 5.13 Å². The lowest BCUT2D eigenvalue weighted by atomic mass is 10.3. The summed E-state index contributed by atoms with van der Waals surface area (Å²) in [5, 5.41) is 8.93. The van der Waals surface area contributed by atoms with Gasteiger partial charge in [-0.3, -0.25) is 14.8 Å². The lowest BCUT2D eigenvalue weighted by Gasteiger charge is -2.09. The minimum absolute atomic E-state index is 0.115. The van der Waals surface area contributed by atoms with Crippen molar-refractivity contribution in [3.05, 3.63) is 34.6 Å². The van der Waals surface area contributed by atoms with E-state index in [9.17, 15) is 4.79 Å². The van der Waals surface area contributed by atoms with E-state index in [-0.39, 0.29) is 11.9 Å². The average Bonchev–Trinajstić information content (AvgIpc) is 3.21. The zero-order valence-electron chi connectivity index (χ0n) is 14.3. The lowest BCUT2D eigenvalue weighted by Crippen LogP contribution is -2.18. The Bertz CT molecular complexity index is 1110. The number of anilines is 1. The molecule has 1 N–H and O–H groups in total. The number of rotatable bonds is 3. The molecule has 0 spiro atoms. The summed E-state index contributed by atoms with van der Waals surface area (Å²) in [6, 6.07) is 5.84. The molecule has 0 fully saturated rings. The van der Waals surface area contributed by atoms with Crippen LogP contribution in [0, 0.1) is 13.8 Å². The monoisotopic (exact) mass is 371 g/mol. The van der Waals surface area contributed by atoms with Crippen LogP contribution in [0.25, 0.3) is 20.4 Å². The Balaban J connectivity index is 1.71. The fourth-order valence-electron chi connectivity index (χ4n) is 2.78. The Labute approximate surface area is 152 Å². The number of carbonyl (C=O) groups is 1. The number of hydrogen-bond donors (Lipinski definition) is 1. The maximum atomic E-state index is 12.7. The van der Waals surface area contributed by atoms with Gasteiger partial charge in [0.05, 0.1) is 31.1 Å². The van der Waals surface area contributed by atoms with E-state index in [0.29, 0.717) is 10.8 Å². The smallest absolute Gasteiger partial charge is 0.275 e. The molecule has 0 aliphatic heterocycles. The zero-order chi connectivity index (χ0) is 17.7. The van der Waals surface area contributed by atoms with Crippen molar-refractivity contribution >= 4 is 54.1 Å². The van der Waals surface area contributed by atoms with E-state index in [4.69, 9.17) is 0 Å². The molecule has 4 aromatic rings. The fourth-order valence-corrected chi connectivity index (χ4v) is 4.78. The van der Waals surface area contributed by atoms with E-state index in [1.54, 1.807) is 22.1 Å². The molecule has 0 aliphatic rings. The van der Waals surface area contributed by atoms with Crippen LogP contribution < -0.4 is 5.32 Å². The van der Waals surface area contributed by atoms with Crippen LogP contribution in [0.3, 0.4) is 0 Å².